The van der Waals surface area contributed by atoms with Crippen molar-refractivity contribution >= 4 is 11.3 Å². The smallest absolute Gasteiger partial charge is 0.115 e. The molecule has 0 amide bonds. The second-order valence-electron chi connectivity index (χ2n) is 4.45. The maximum atomic E-state index is 9.46. The molecule has 0 aliphatic carbocycles. The van der Waals surface area contributed by atoms with Crippen LogP contribution in [0.4, 0.5) is 0 Å². The highest BCUT2D eigenvalue weighted by Crippen LogP contribution is 2.16. The molecule has 1 unspecified atom stereocenters. The molecule has 0 bridgehead atoms. The van der Waals surface area contributed by atoms with Crippen LogP contribution in [0.3, 0.4) is 0 Å². The molecule has 0 aliphatic rings. The molecule has 3 nitrogen and oxygen atoms in total. The van der Waals surface area contributed by atoms with Crippen molar-refractivity contribution in [3.8, 4) is 5.75 Å². The van der Waals surface area contributed by atoms with Crippen molar-refractivity contribution in [3.63, 3.8) is 0 Å². The van der Waals surface area contributed by atoms with E-state index >= 15 is 0 Å². The lowest BCUT2D eigenvalue weighted by Gasteiger charge is -2.14. The Morgan fingerprint density at radius 1 is 1.39 bits per heavy atom. The van der Waals surface area contributed by atoms with Crippen LogP contribution in [-0.2, 0) is 12.8 Å². The van der Waals surface area contributed by atoms with Gasteiger partial charge in [-0.25, -0.2) is 4.98 Å². The molecule has 0 saturated carbocycles. The quantitative estimate of drug-likeness (QED) is 0.870. The second-order valence-corrected chi connectivity index (χ2v) is 5.39. The number of aromatic nitrogens is 1. The van der Waals surface area contributed by atoms with Gasteiger partial charge in [-0.3, -0.25) is 0 Å². The van der Waals surface area contributed by atoms with E-state index in [1.165, 1.54) is 0 Å². The number of hydrogen-bond donors (Lipinski definition) is 2. The summed E-state index contributed by atoms with van der Waals surface area (Å²) in [5.41, 5.74) is 2.23. The number of phenols is 1. The summed E-state index contributed by atoms with van der Waals surface area (Å²) in [6.45, 7) is 2.02. The lowest BCUT2D eigenvalue weighted by atomic mass is 10.0. The average molecular weight is 262 g/mol. The van der Waals surface area contributed by atoms with Crippen molar-refractivity contribution in [1.29, 1.82) is 0 Å². The Kier molecular flexibility index (Phi) is 4.33. The van der Waals surface area contributed by atoms with Gasteiger partial charge in [0, 0.05) is 23.5 Å². The molecule has 1 aromatic heterocycles. The Morgan fingerprint density at radius 3 is 2.83 bits per heavy atom. The molecule has 96 valence electrons. The molecule has 0 saturated heterocycles. The minimum Gasteiger partial charge on any atom is -0.508 e. The van der Waals surface area contributed by atoms with Crippen LogP contribution in [0.5, 0.6) is 5.75 Å². The van der Waals surface area contributed by atoms with Crippen LogP contribution < -0.4 is 5.32 Å². The Labute approximate surface area is 112 Å². The third-order valence-corrected chi connectivity index (χ3v) is 3.88. The van der Waals surface area contributed by atoms with Gasteiger partial charge < -0.3 is 10.4 Å². The molecular weight excluding hydrogens is 244 g/mol. The first kappa shape index (κ1) is 13.1. The first-order valence-corrected chi connectivity index (χ1v) is 6.91. The summed E-state index contributed by atoms with van der Waals surface area (Å²) in [4.78, 5) is 4.49. The molecule has 0 radical (unpaired) electrons. The maximum Gasteiger partial charge on any atom is 0.115 e. The summed E-state index contributed by atoms with van der Waals surface area (Å²) >= 11 is 1.71. The van der Waals surface area contributed by atoms with Gasteiger partial charge in [0.25, 0.3) is 0 Å². The van der Waals surface area contributed by atoms with Gasteiger partial charge in [0.1, 0.15) is 5.75 Å². The molecule has 0 spiro atoms. The predicted octanol–water partition coefficient (Wildman–Crippen LogP) is 2.53. The van der Waals surface area contributed by atoms with Crippen LogP contribution in [0.2, 0.25) is 0 Å². The average Bonchev–Trinajstić information content (AvgIpc) is 2.74. The Balaban J connectivity index is 2.01. The van der Waals surface area contributed by atoms with Gasteiger partial charge in [0.15, 0.2) is 0 Å². The van der Waals surface area contributed by atoms with E-state index in [9.17, 15) is 5.11 Å². The molecule has 2 N–H and O–H groups in total. The van der Waals surface area contributed by atoms with Gasteiger partial charge in [-0.2, -0.15) is 0 Å². The van der Waals surface area contributed by atoms with Gasteiger partial charge in [0.05, 0.1) is 5.01 Å². The zero-order valence-electron chi connectivity index (χ0n) is 10.7. The van der Waals surface area contributed by atoms with Crippen LogP contribution >= 0.6 is 11.3 Å². The SMILES string of the molecule is CNC(Cc1cccc(O)c1)Cc1nc(C)cs1. The van der Waals surface area contributed by atoms with Crippen LogP contribution in [0, 0.1) is 6.92 Å². The lowest BCUT2D eigenvalue weighted by molar-refractivity contribution is 0.473. The molecule has 1 aromatic carbocycles. The zero-order chi connectivity index (χ0) is 13.0. The lowest BCUT2D eigenvalue weighted by Crippen LogP contribution is -2.29. The highest BCUT2D eigenvalue weighted by molar-refractivity contribution is 7.09. The molecule has 18 heavy (non-hydrogen) atoms. The van der Waals surface area contributed by atoms with E-state index in [2.05, 4.69) is 15.7 Å². The predicted molar refractivity (Wildman–Crippen MR) is 75.2 cm³/mol. The molecule has 0 fully saturated rings. The molecule has 2 rings (SSSR count). The Morgan fingerprint density at radius 2 is 2.22 bits per heavy atom. The third kappa shape index (κ3) is 3.55. The number of nitrogens with one attached hydrogen (secondary N) is 1. The summed E-state index contributed by atoms with van der Waals surface area (Å²) in [5, 5.41) is 16.0. The molecule has 4 heteroatoms. The van der Waals surface area contributed by atoms with E-state index < -0.39 is 0 Å². The fourth-order valence-corrected chi connectivity index (χ4v) is 2.80. The first-order valence-electron chi connectivity index (χ1n) is 6.03. The molecule has 2 aromatic rings. The number of thiazole rings is 1. The van der Waals surface area contributed by atoms with Crippen LogP contribution in [0.1, 0.15) is 16.3 Å². The van der Waals surface area contributed by atoms with E-state index in [0.717, 1.165) is 29.1 Å². The first-order chi connectivity index (χ1) is 8.67. The van der Waals surface area contributed by atoms with E-state index in [-0.39, 0.29) is 0 Å². The number of aromatic hydroxyl groups is 1. The number of likely N-dealkylation sites (N-methyl/N-ethyl adjacent to an activating group) is 1. The molecule has 1 atom stereocenters. The van der Waals surface area contributed by atoms with Crippen molar-refractivity contribution in [1.82, 2.24) is 10.3 Å². The molecule has 0 aliphatic heterocycles. The van der Waals surface area contributed by atoms with Crippen molar-refractivity contribution in [2.45, 2.75) is 25.8 Å². The van der Waals surface area contributed by atoms with Gasteiger partial charge >= 0.3 is 0 Å². The zero-order valence-corrected chi connectivity index (χ0v) is 11.5. The minimum absolute atomic E-state index is 0.326. The van der Waals surface area contributed by atoms with E-state index in [4.69, 9.17) is 0 Å². The van der Waals surface area contributed by atoms with Gasteiger partial charge in [-0.1, -0.05) is 12.1 Å². The highest BCUT2D eigenvalue weighted by atomic mass is 32.1. The largest absolute Gasteiger partial charge is 0.508 e. The summed E-state index contributed by atoms with van der Waals surface area (Å²) in [7, 11) is 1.97. The van der Waals surface area contributed by atoms with Gasteiger partial charge in [-0.05, 0) is 38.1 Å². The summed E-state index contributed by atoms with van der Waals surface area (Å²) in [5.74, 6) is 0.326. The van der Waals surface area contributed by atoms with Crippen molar-refractivity contribution in [3.05, 3.63) is 45.9 Å². The number of nitrogens with zero attached hydrogens (tertiary/aromatic N) is 1. The number of benzene rings is 1. The van der Waals surface area contributed by atoms with Gasteiger partial charge in [0.2, 0.25) is 0 Å². The number of hydrogen-bond acceptors (Lipinski definition) is 4. The fraction of sp³-hybridized carbons (Fsp3) is 0.357. The summed E-state index contributed by atoms with van der Waals surface area (Å²) < 4.78 is 0. The van der Waals surface area contributed by atoms with Crippen LogP contribution in [0.15, 0.2) is 29.6 Å². The van der Waals surface area contributed by atoms with E-state index in [1.54, 1.807) is 17.4 Å². The summed E-state index contributed by atoms with van der Waals surface area (Å²) in [6.07, 6.45) is 1.81. The monoisotopic (exact) mass is 262 g/mol. The highest BCUT2D eigenvalue weighted by Gasteiger charge is 2.11. The van der Waals surface area contributed by atoms with Crippen molar-refractivity contribution in [2.24, 2.45) is 0 Å². The third-order valence-electron chi connectivity index (χ3n) is 2.89. The van der Waals surface area contributed by atoms with Crippen molar-refractivity contribution < 1.29 is 5.11 Å². The number of phenolic OH excluding ortho intramolecular Hbond substituents is 1. The van der Waals surface area contributed by atoms with E-state index in [1.807, 2.05) is 32.2 Å². The molecule has 1 heterocycles. The van der Waals surface area contributed by atoms with E-state index in [0.29, 0.717) is 11.8 Å². The standard InChI is InChI=1S/C14H18N2OS/c1-10-9-18-14(16-10)8-12(15-2)6-11-4-3-5-13(17)7-11/h3-5,7,9,12,15,17H,6,8H2,1-2H3. The molecular formula is C14H18N2OS. The normalized spacial score (nSPS) is 12.6. The number of aryl methyl sites for hydroxylation is 1. The summed E-state index contributed by atoms with van der Waals surface area (Å²) in [6, 6.07) is 7.78. The number of rotatable bonds is 5. The fourth-order valence-electron chi connectivity index (χ4n) is 1.95. The maximum absolute atomic E-state index is 9.46. The second kappa shape index (κ2) is 5.98. The van der Waals surface area contributed by atoms with Crippen LogP contribution in [-0.4, -0.2) is 23.2 Å². The van der Waals surface area contributed by atoms with Gasteiger partial charge in [-0.15, -0.1) is 11.3 Å². The van der Waals surface area contributed by atoms with Crippen molar-refractivity contribution in [2.75, 3.05) is 7.05 Å². The van der Waals surface area contributed by atoms with Crippen LogP contribution in [0.25, 0.3) is 0 Å². The minimum atomic E-state index is 0.326. The topological polar surface area (TPSA) is 45.1 Å². The Bertz CT molecular complexity index is 510. The Hall–Kier alpha value is -1.39.